The summed E-state index contributed by atoms with van der Waals surface area (Å²) in [5.41, 5.74) is 3.89. The number of rotatable bonds is 8. The summed E-state index contributed by atoms with van der Waals surface area (Å²) < 4.78 is 28.3. The van der Waals surface area contributed by atoms with Gasteiger partial charge in [0, 0.05) is 18.3 Å². The van der Waals surface area contributed by atoms with Crippen LogP contribution in [0.15, 0.2) is 66.9 Å². The molecule has 0 spiro atoms. The largest absolute Gasteiger partial charge is 0.478 e. The molecule has 0 bridgehead atoms. The lowest BCUT2D eigenvalue weighted by molar-refractivity contribution is 0.0695. The normalized spacial score (nSPS) is 13.7. The molecule has 6 rings (SSSR count). The van der Waals surface area contributed by atoms with Gasteiger partial charge in [-0.2, -0.15) is 5.10 Å². The number of hydrogen-bond donors (Lipinski definition) is 4. The number of nitrogens with zero attached hydrogens (tertiary/aromatic N) is 3. The lowest BCUT2D eigenvalue weighted by Gasteiger charge is -2.16. The van der Waals surface area contributed by atoms with Crippen LogP contribution in [-0.4, -0.2) is 43.4 Å². The summed E-state index contributed by atoms with van der Waals surface area (Å²) in [4.78, 5) is 56.4. The number of benzene rings is 3. The van der Waals surface area contributed by atoms with Crippen molar-refractivity contribution in [1.82, 2.24) is 25.2 Å². The van der Waals surface area contributed by atoms with Gasteiger partial charge in [0.2, 0.25) is 0 Å². The number of carboxylic acids is 1. The van der Waals surface area contributed by atoms with Crippen LogP contribution in [-0.2, 0) is 13.0 Å². The molecule has 0 saturated carbocycles. The van der Waals surface area contributed by atoms with Crippen molar-refractivity contribution >= 4 is 35.0 Å². The minimum atomic E-state index is -1.07. The van der Waals surface area contributed by atoms with Crippen molar-refractivity contribution in [3.05, 3.63) is 129 Å². The zero-order valence-corrected chi connectivity index (χ0v) is 25.2. The van der Waals surface area contributed by atoms with E-state index in [1.807, 2.05) is 19.1 Å². The van der Waals surface area contributed by atoms with Crippen molar-refractivity contribution in [3.63, 3.8) is 0 Å². The zero-order valence-electron chi connectivity index (χ0n) is 25.2. The molecule has 3 amide bonds. The van der Waals surface area contributed by atoms with Crippen LogP contribution >= 0.6 is 0 Å². The SMILES string of the molecule is Cc1ccc(NC(=O)c2cnn3c(C(=O)N[C@@H]4CCc5c4ccc(C(=O)O)c5C)cc(C(=O)NCc4ccc(F)c(F)c4)nc23)cc1. The lowest BCUT2D eigenvalue weighted by atomic mass is 9.98. The van der Waals surface area contributed by atoms with Gasteiger partial charge in [-0.15, -0.1) is 0 Å². The van der Waals surface area contributed by atoms with Gasteiger partial charge in [-0.25, -0.2) is 23.1 Å². The molecule has 2 aromatic heterocycles. The molecule has 5 aromatic rings. The Morgan fingerprint density at radius 2 is 1.68 bits per heavy atom. The van der Waals surface area contributed by atoms with Gasteiger partial charge in [0.15, 0.2) is 17.3 Å². The molecule has 3 aromatic carbocycles. The number of aromatic nitrogens is 3. The fourth-order valence-electron chi connectivity index (χ4n) is 5.65. The number of anilines is 1. The standard InChI is InChI=1S/C34H28F2N6O5/c1-17-3-6-20(7-4-17)39-31(43)24-16-38-42-29(33(45)41-27-12-10-21-18(2)22(34(46)47)8-9-23(21)27)14-28(40-30(24)42)32(44)37-15-19-5-11-25(35)26(36)13-19/h3-9,11,13-14,16,27H,10,12,15H2,1-2H3,(H,37,44)(H,39,43)(H,41,45)(H,46,47)/t27-/m1/s1. The Hall–Kier alpha value is -5.98. The highest BCUT2D eigenvalue weighted by Gasteiger charge is 2.29. The summed E-state index contributed by atoms with van der Waals surface area (Å²) >= 11 is 0. The van der Waals surface area contributed by atoms with Gasteiger partial charge in [0.1, 0.15) is 17.0 Å². The van der Waals surface area contributed by atoms with Crippen LogP contribution in [0.1, 0.15) is 82.0 Å². The van der Waals surface area contributed by atoms with E-state index in [-0.39, 0.29) is 34.7 Å². The van der Waals surface area contributed by atoms with Crippen molar-refractivity contribution in [2.24, 2.45) is 0 Å². The van der Waals surface area contributed by atoms with Crippen LogP contribution in [0, 0.1) is 25.5 Å². The maximum atomic E-state index is 13.8. The van der Waals surface area contributed by atoms with E-state index >= 15 is 0 Å². The van der Waals surface area contributed by atoms with Crippen LogP contribution in [0.25, 0.3) is 5.65 Å². The maximum absolute atomic E-state index is 13.8. The Morgan fingerprint density at radius 3 is 2.40 bits per heavy atom. The third kappa shape index (κ3) is 6.15. The third-order valence-corrected chi connectivity index (χ3v) is 8.16. The van der Waals surface area contributed by atoms with E-state index < -0.39 is 41.4 Å². The predicted molar refractivity (Wildman–Crippen MR) is 166 cm³/mol. The molecular weight excluding hydrogens is 610 g/mol. The van der Waals surface area contributed by atoms with Crippen LogP contribution in [0.3, 0.4) is 0 Å². The number of aryl methyl sites for hydroxylation is 1. The minimum Gasteiger partial charge on any atom is -0.478 e. The number of aromatic carboxylic acids is 1. The molecule has 238 valence electrons. The highest BCUT2D eigenvalue weighted by Crippen LogP contribution is 2.35. The maximum Gasteiger partial charge on any atom is 0.335 e. The van der Waals surface area contributed by atoms with Gasteiger partial charge in [-0.1, -0.05) is 29.8 Å². The minimum absolute atomic E-state index is 0.00193. The average molecular weight is 639 g/mol. The molecule has 1 aliphatic rings. The number of carboxylic acid groups (broad SMARTS) is 1. The second kappa shape index (κ2) is 12.4. The van der Waals surface area contributed by atoms with Crippen molar-refractivity contribution in [2.45, 2.75) is 39.3 Å². The van der Waals surface area contributed by atoms with Crippen LogP contribution in [0.2, 0.25) is 0 Å². The van der Waals surface area contributed by atoms with E-state index in [2.05, 4.69) is 26.0 Å². The quantitative estimate of drug-likeness (QED) is 0.188. The van der Waals surface area contributed by atoms with Crippen molar-refractivity contribution in [1.29, 1.82) is 0 Å². The number of carbonyl (C=O) groups is 4. The van der Waals surface area contributed by atoms with Gasteiger partial charge in [-0.05, 0) is 79.3 Å². The number of fused-ring (bicyclic) bond motifs is 2. The third-order valence-electron chi connectivity index (χ3n) is 8.16. The van der Waals surface area contributed by atoms with E-state index in [0.717, 1.165) is 28.8 Å². The van der Waals surface area contributed by atoms with E-state index in [1.165, 1.54) is 28.9 Å². The predicted octanol–water partition coefficient (Wildman–Crippen LogP) is 4.92. The molecule has 13 heteroatoms. The van der Waals surface area contributed by atoms with E-state index in [1.54, 1.807) is 25.1 Å². The Kier molecular flexibility index (Phi) is 8.20. The van der Waals surface area contributed by atoms with E-state index in [0.29, 0.717) is 29.7 Å². The second-order valence-corrected chi connectivity index (χ2v) is 11.2. The van der Waals surface area contributed by atoms with Crippen molar-refractivity contribution in [3.8, 4) is 0 Å². The molecule has 0 radical (unpaired) electrons. The molecule has 0 saturated heterocycles. The summed E-state index contributed by atoms with van der Waals surface area (Å²) in [6.45, 7) is 3.48. The van der Waals surface area contributed by atoms with E-state index in [4.69, 9.17) is 0 Å². The zero-order chi connectivity index (χ0) is 33.4. The van der Waals surface area contributed by atoms with Gasteiger partial charge in [0.25, 0.3) is 17.7 Å². The first kappa shape index (κ1) is 31.0. The number of amides is 3. The second-order valence-electron chi connectivity index (χ2n) is 11.2. The highest BCUT2D eigenvalue weighted by atomic mass is 19.2. The first-order chi connectivity index (χ1) is 22.5. The Bertz CT molecular complexity index is 2090. The summed E-state index contributed by atoms with van der Waals surface area (Å²) in [5.74, 6) is -5.05. The summed E-state index contributed by atoms with van der Waals surface area (Å²) in [6, 6.07) is 14.3. The van der Waals surface area contributed by atoms with E-state index in [9.17, 15) is 33.1 Å². The molecule has 2 heterocycles. The smallest absolute Gasteiger partial charge is 0.335 e. The lowest BCUT2D eigenvalue weighted by Crippen LogP contribution is -2.31. The van der Waals surface area contributed by atoms with Crippen LogP contribution in [0.4, 0.5) is 14.5 Å². The molecule has 0 fully saturated rings. The molecule has 11 nitrogen and oxygen atoms in total. The van der Waals surface area contributed by atoms with Crippen molar-refractivity contribution in [2.75, 3.05) is 5.32 Å². The monoisotopic (exact) mass is 638 g/mol. The fraction of sp³-hybridized carbons (Fsp3) is 0.176. The van der Waals surface area contributed by atoms with Gasteiger partial charge < -0.3 is 21.1 Å². The summed E-state index contributed by atoms with van der Waals surface area (Å²) in [7, 11) is 0. The highest BCUT2D eigenvalue weighted by molar-refractivity contribution is 6.09. The number of hydrogen-bond acceptors (Lipinski definition) is 6. The molecule has 0 unspecified atom stereocenters. The Balaban J connectivity index is 1.33. The summed E-state index contributed by atoms with van der Waals surface area (Å²) in [6.07, 6.45) is 2.32. The van der Waals surface area contributed by atoms with Crippen molar-refractivity contribution < 1.29 is 33.1 Å². The van der Waals surface area contributed by atoms with Gasteiger partial charge in [0.05, 0.1) is 17.8 Å². The molecule has 0 aliphatic heterocycles. The van der Waals surface area contributed by atoms with Gasteiger partial charge in [-0.3, -0.25) is 14.4 Å². The number of halogens is 2. The van der Waals surface area contributed by atoms with Crippen LogP contribution in [0.5, 0.6) is 0 Å². The average Bonchev–Trinajstić information content (AvgIpc) is 3.67. The van der Waals surface area contributed by atoms with Gasteiger partial charge >= 0.3 is 5.97 Å². The fourth-order valence-corrected chi connectivity index (χ4v) is 5.65. The molecule has 47 heavy (non-hydrogen) atoms. The Labute approximate surface area is 266 Å². The Morgan fingerprint density at radius 1 is 0.915 bits per heavy atom. The number of carbonyl (C=O) groups excluding carboxylic acids is 3. The number of nitrogens with one attached hydrogen (secondary N) is 3. The molecular formula is C34H28F2N6O5. The first-order valence-corrected chi connectivity index (χ1v) is 14.7. The summed E-state index contributed by atoms with van der Waals surface area (Å²) in [5, 5.41) is 22.1. The molecule has 1 aliphatic carbocycles. The molecule has 1 atom stereocenters. The first-order valence-electron chi connectivity index (χ1n) is 14.7. The molecule has 4 N–H and O–H groups in total. The topological polar surface area (TPSA) is 155 Å². The van der Waals surface area contributed by atoms with Crippen LogP contribution < -0.4 is 16.0 Å².